The van der Waals surface area contributed by atoms with Crippen molar-refractivity contribution < 1.29 is 5.11 Å². The molecule has 7 heteroatoms. The molecule has 0 aliphatic heterocycles. The molecule has 116 valence electrons. The Morgan fingerprint density at radius 1 is 1.32 bits per heavy atom. The first kappa shape index (κ1) is 16.1. The number of aryl methyl sites for hydroxylation is 1. The van der Waals surface area contributed by atoms with Crippen LogP contribution >= 0.6 is 12.2 Å². The van der Waals surface area contributed by atoms with Crippen LogP contribution in [-0.2, 0) is 13.1 Å². The third-order valence-corrected chi connectivity index (χ3v) is 3.71. The number of nitrogens with zero attached hydrogens (tertiary/aromatic N) is 4. The summed E-state index contributed by atoms with van der Waals surface area (Å²) in [6.07, 6.45) is 1.34. The molecule has 0 fully saturated rings. The molecule has 0 spiro atoms. The molecule has 0 bridgehead atoms. The van der Waals surface area contributed by atoms with E-state index in [4.69, 9.17) is 12.2 Å². The molecular formula is C15H18N4O2S. The molecular weight excluding hydrogens is 300 g/mol. The lowest BCUT2D eigenvalue weighted by Crippen LogP contribution is -2.27. The molecule has 1 N–H and O–H groups in total. The molecule has 2 rings (SSSR count). The molecule has 2 aromatic heterocycles. The van der Waals surface area contributed by atoms with Gasteiger partial charge in [0.05, 0.1) is 0 Å². The number of hydrogen-bond acceptors (Lipinski definition) is 5. The fraction of sp³-hybridized carbons (Fsp3) is 0.333. The number of rotatable bonds is 4. The summed E-state index contributed by atoms with van der Waals surface area (Å²) in [5.74, 6) is 0.311. The zero-order valence-corrected chi connectivity index (χ0v) is 13.6. The molecule has 0 atom stereocenters. The molecule has 2 aromatic rings. The zero-order valence-electron chi connectivity index (χ0n) is 12.8. The summed E-state index contributed by atoms with van der Waals surface area (Å²) in [5, 5.41) is 10.3. The minimum absolute atomic E-state index is 0.112. The number of aromatic hydroxyl groups is 1. The van der Waals surface area contributed by atoms with Gasteiger partial charge < -0.3 is 5.11 Å². The average Bonchev–Trinajstić information content (AvgIpc) is 2.48. The Morgan fingerprint density at radius 3 is 2.59 bits per heavy atom. The van der Waals surface area contributed by atoms with Gasteiger partial charge in [0, 0.05) is 25.0 Å². The van der Waals surface area contributed by atoms with Crippen molar-refractivity contribution in [3.63, 3.8) is 0 Å². The second-order valence-corrected chi connectivity index (χ2v) is 5.07. The van der Waals surface area contributed by atoms with Crippen molar-refractivity contribution in [3.8, 4) is 5.88 Å². The Hall–Kier alpha value is -2.28. The van der Waals surface area contributed by atoms with Crippen LogP contribution in [0.5, 0.6) is 5.88 Å². The van der Waals surface area contributed by atoms with Gasteiger partial charge in [0.1, 0.15) is 5.56 Å². The zero-order chi connectivity index (χ0) is 16.3. The predicted octanol–water partition coefficient (Wildman–Crippen LogP) is 2.58. The third-order valence-electron chi connectivity index (χ3n) is 3.27. The highest BCUT2D eigenvalue weighted by molar-refractivity contribution is 7.71. The topological polar surface area (TPSA) is 72.4 Å². The molecule has 0 amide bonds. The minimum Gasteiger partial charge on any atom is -0.494 e. The standard InChI is InChI=1S/C15H18N4O2S/c1-4-18-13(20)11(14(21)19(5-2)15(18)22)9-16-12-8-6-7-10(3)17-12/h6-9,20H,4-5H2,1-3H3. The smallest absolute Gasteiger partial charge is 0.267 e. The van der Waals surface area contributed by atoms with Crippen LogP contribution in [0.2, 0.25) is 0 Å². The minimum atomic E-state index is -0.355. The van der Waals surface area contributed by atoms with E-state index in [0.29, 0.717) is 23.7 Å². The number of pyridine rings is 1. The van der Waals surface area contributed by atoms with Crippen molar-refractivity contribution in [1.29, 1.82) is 0 Å². The SMILES string of the molecule is CCn1c(O)c(C=Nc2cccc(C)n2)c(=O)n(CC)c1=S. The Labute approximate surface area is 133 Å². The first-order valence-electron chi connectivity index (χ1n) is 7.03. The summed E-state index contributed by atoms with van der Waals surface area (Å²) in [6, 6.07) is 5.42. The van der Waals surface area contributed by atoms with Crippen molar-refractivity contribution in [2.45, 2.75) is 33.9 Å². The highest BCUT2D eigenvalue weighted by Crippen LogP contribution is 2.14. The molecule has 0 aliphatic carbocycles. The Balaban J connectivity index is 2.60. The molecule has 0 aliphatic rings. The van der Waals surface area contributed by atoms with E-state index in [9.17, 15) is 9.90 Å². The van der Waals surface area contributed by atoms with Crippen molar-refractivity contribution in [2.75, 3.05) is 0 Å². The number of aliphatic imine (C=N–C) groups is 1. The van der Waals surface area contributed by atoms with E-state index >= 15 is 0 Å². The van der Waals surface area contributed by atoms with Gasteiger partial charge in [0.25, 0.3) is 5.56 Å². The van der Waals surface area contributed by atoms with Gasteiger partial charge in [-0.1, -0.05) is 6.07 Å². The fourth-order valence-corrected chi connectivity index (χ4v) is 2.55. The van der Waals surface area contributed by atoms with Gasteiger partial charge in [-0.05, 0) is 45.1 Å². The van der Waals surface area contributed by atoms with E-state index in [1.165, 1.54) is 15.3 Å². The molecule has 2 heterocycles. The van der Waals surface area contributed by atoms with E-state index in [-0.39, 0.29) is 17.0 Å². The number of aromatic nitrogens is 3. The summed E-state index contributed by atoms with van der Waals surface area (Å²) in [6.45, 7) is 6.44. The Morgan fingerprint density at radius 2 is 2.00 bits per heavy atom. The second-order valence-electron chi connectivity index (χ2n) is 4.71. The normalized spacial score (nSPS) is 11.2. The Bertz CT molecular complexity index is 836. The van der Waals surface area contributed by atoms with Gasteiger partial charge in [-0.2, -0.15) is 0 Å². The molecule has 6 nitrogen and oxygen atoms in total. The van der Waals surface area contributed by atoms with Gasteiger partial charge in [-0.25, -0.2) is 9.98 Å². The van der Waals surface area contributed by atoms with Gasteiger partial charge in [0.15, 0.2) is 10.6 Å². The highest BCUT2D eigenvalue weighted by Gasteiger charge is 2.13. The van der Waals surface area contributed by atoms with Crippen molar-refractivity contribution in [3.05, 3.63) is 44.6 Å². The summed E-state index contributed by atoms with van der Waals surface area (Å²) >= 11 is 5.23. The monoisotopic (exact) mass is 318 g/mol. The van der Waals surface area contributed by atoms with Crippen molar-refractivity contribution in [1.82, 2.24) is 14.1 Å². The Kier molecular flexibility index (Phi) is 4.87. The quantitative estimate of drug-likeness (QED) is 0.694. The first-order valence-corrected chi connectivity index (χ1v) is 7.44. The molecule has 0 radical (unpaired) electrons. The van der Waals surface area contributed by atoms with Crippen LogP contribution in [0.3, 0.4) is 0 Å². The molecule has 0 saturated heterocycles. The molecule has 0 unspecified atom stereocenters. The fourth-order valence-electron chi connectivity index (χ4n) is 2.12. The van der Waals surface area contributed by atoms with Crippen LogP contribution < -0.4 is 5.56 Å². The maximum Gasteiger partial charge on any atom is 0.267 e. The van der Waals surface area contributed by atoms with Gasteiger partial charge >= 0.3 is 0 Å². The largest absolute Gasteiger partial charge is 0.494 e. The molecule has 0 aromatic carbocycles. The second kappa shape index (κ2) is 6.65. The van der Waals surface area contributed by atoms with Gasteiger partial charge in [-0.15, -0.1) is 0 Å². The van der Waals surface area contributed by atoms with Crippen molar-refractivity contribution >= 4 is 24.3 Å². The first-order chi connectivity index (χ1) is 10.5. The lowest BCUT2D eigenvalue weighted by atomic mass is 10.3. The summed E-state index contributed by atoms with van der Waals surface area (Å²) < 4.78 is 3.24. The van der Waals surface area contributed by atoms with Crippen LogP contribution in [0.15, 0.2) is 28.0 Å². The van der Waals surface area contributed by atoms with E-state index in [1.807, 2.05) is 32.9 Å². The van der Waals surface area contributed by atoms with Gasteiger partial charge in [0.2, 0.25) is 5.88 Å². The summed E-state index contributed by atoms with van der Waals surface area (Å²) in [7, 11) is 0. The van der Waals surface area contributed by atoms with Crippen LogP contribution in [0, 0.1) is 11.7 Å². The van der Waals surface area contributed by atoms with E-state index < -0.39 is 0 Å². The van der Waals surface area contributed by atoms with Crippen molar-refractivity contribution in [2.24, 2.45) is 4.99 Å². The van der Waals surface area contributed by atoms with Gasteiger partial charge in [-0.3, -0.25) is 13.9 Å². The highest BCUT2D eigenvalue weighted by atomic mass is 32.1. The van der Waals surface area contributed by atoms with E-state index in [2.05, 4.69) is 9.98 Å². The van der Waals surface area contributed by atoms with Crippen LogP contribution in [0.1, 0.15) is 25.1 Å². The number of hydrogen-bond donors (Lipinski definition) is 1. The third kappa shape index (κ3) is 2.99. The summed E-state index contributed by atoms with van der Waals surface area (Å²) in [5.41, 5.74) is 0.584. The van der Waals surface area contributed by atoms with Crippen LogP contribution in [0.25, 0.3) is 0 Å². The molecule has 22 heavy (non-hydrogen) atoms. The maximum absolute atomic E-state index is 12.4. The van der Waals surface area contributed by atoms with Crippen LogP contribution in [-0.4, -0.2) is 25.4 Å². The predicted molar refractivity (Wildman–Crippen MR) is 88.8 cm³/mol. The van der Waals surface area contributed by atoms with E-state index in [1.54, 1.807) is 6.07 Å². The summed E-state index contributed by atoms with van der Waals surface area (Å²) in [4.78, 5) is 20.8. The lowest BCUT2D eigenvalue weighted by Gasteiger charge is -2.13. The lowest BCUT2D eigenvalue weighted by molar-refractivity contribution is 0.399. The molecule has 0 saturated carbocycles. The maximum atomic E-state index is 12.4. The van der Waals surface area contributed by atoms with Crippen LogP contribution in [0.4, 0.5) is 5.82 Å². The van der Waals surface area contributed by atoms with E-state index in [0.717, 1.165) is 5.69 Å². The average molecular weight is 318 g/mol.